The average molecular weight is 274 g/mol. The molecule has 106 valence electrons. The second-order valence-electron chi connectivity index (χ2n) is 5.59. The summed E-state index contributed by atoms with van der Waals surface area (Å²) < 4.78 is 26.5. The predicted molar refractivity (Wildman–Crippen MR) is 74.1 cm³/mol. The van der Waals surface area contributed by atoms with Gasteiger partial charge in [-0.1, -0.05) is 19.8 Å². The van der Waals surface area contributed by atoms with Crippen molar-refractivity contribution in [3.8, 4) is 0 Å². The molecule has 5 heteroatoms. The lowest BCUT2D eigenvalue weighted by molar-refractivity contribution is 0.239. The maximum absolute atomic E-state index is 12.4. The van der Waals surface area contributed by atoms with Crippen molar-refractivity contribution in [2.45, 2.75) is 64.0 Å². The zero-order valence-electron chi connectivity index (χ0n) is 11.4. The summed E-state index contributed by atoms with van der Waals surface area (Å²) in [6.07, 6.45) is 7.74. The molecule has 1 saturated carbocycles. The van der Waals surface area contributed by atoms with E-state index < -0.39 is 10.0 Å². The second kappa shape index (κ2) is 6.35. The number of nitrogens with one attached hydrogen (secondary N) is 1. The fraction of sp³-hybridized carbons (Fsp3) is 1.00. The van der Waals surface area contributed by atoms with Gasteiger partial charge >= 0.3 is 0 Å². The van der Waals surface area contributed by atoms with Crippen molar-refractivity contribution in [1.29, 1.82) is 0 Å². The predicted octanol–water partition coefficient (Wildman–Crippen LogP) is 1.72. The smallest absolute Gasteiger partial charge is 0.215 e. The Balaban J connectivity index is 1.87. The molecule has 2 fully saturated rings. The van der Waals surface area contributed by atoms with Gasteiger partial charge in [-0.2, -0.15) is 4.31 Å². The minimum atomic E-state index is -3.05. The summed E-state index contributed by atoms with van der Waals surface area (Å²) in [4.78, 5) is 0. The highest BCUT2D eigenvalue weighted by molar-refractivity contribution is 7.89. The van der Waals surface area contributed by atoms with Crippen LogP contribution in [0.3, 0.4) is 0 Å². The van der Waals surface area contributed by atoms with Crippen LogP contribution in [-0.4, -0.2) is 43.6 Å². The van der Waals surface area contributed by atoms with Gasteiger partial charge in [-0.3, -0.25) is 0 Å². The Hall–Kier alpha value is -0.130. The number of piperidine rings is 1. The molecule has 0 amide bonds. The number of hydrogen-bond donors (Lipinski definition) is 1. The molecule has 1 aliphatic heterocycles. The molecule has 1 heterocycles. The highest BCUT2D eigenvalue weighted by atomic mass is 32.2. The van der Waals surface area contributed by atoms with Gasteiger partial charge in [-0.15, -0.1) is 0 Å². The third kappa shape index (κ3) is 3.93. The lowest BCUT2D eigenvalue weighted by atomic mass is 10.0. The summed E-state index contributed by atoms with van der Waals surface area (Å²) in [5.41, 5.74) is 0. The van der Waals surface area contributed by atoms with E-state index in [1.807, 2.05) is 0 Å². The van der Waals surface area contributed by atoms with Gasteiger partial charge < -0.3 is 5.32 Å². The van der Waals surface area contributed by atoms with Gasteiger partial charge in [0.25, 0.3) is 0 Å². The van der Waals surface area contributed by atoms with Gasteiger partial charge in [0.1, 0.15) is 0 Å². The van der Waals surface area contributed by atoms with Crippen molar-refractivity contribution < 1.29 is 8.42 Å². The Morgan fingerprint density at radius 3 is 2.67 bits per heavy atom. The zero-order chi connectivity index (χ0) is 13.0. The largest absolute Gasteiger partial charge is 0.313 e. The van der Waals surface area contributed by atoms with E-state index >= 15 is 0 Å². The fourth-order valence-corrected chi connectivity index (χ4v) is 4.44. The van der Waals surface area contributed by atoms with Crippen LogP contribution < -0.4 is 5.32 Å². The molecule has 1 N–H and O–H groups in total. The monoisotopic (exact) mass is 274 g/mol. The van der Waals surface area contributed by atoms with Crippen LogP contribution in [0.15, 0.2) is 0 Å². The number of sulfonamides is 1. The lowest BCUT2D eigenvalue weighted by Crippen LogP contribution is -2.46. The third-order valence-corrected chi connectivity index (χ3v) is 5.84. The third-order valence-electron chi connectivity index (χ3n) is 3.92. The maximum Gasteiger partial charge on any atom is 0.215 e. The lowest BCUT2D eigenvalue weighted by Gasteiger charge is -2.34. The molecule has 0 bridgehead atoms. The summed E-state index contributed by atoms with van der Waals surface area (Å²) >= 11 is 0. The minimum absolute atomic E-state index is 0.259. The van der Waals surface area contributed by atoms with Gasteiger partial charge in [0, 0.05) is 25.2 Å². The van der Waals surface area contributed by atoms with Crippen molar-refractivity contribution in [2.24, 2.45) is 0 Å². The van der Waals surface area contributed by atoms with Crippen LogP contribution in [0, 0.1) is 0 Å². The van der Waals surface area contributed by atoms with E-state index in [1.54, 1.807) is 4.31 Å². The molecule has 18 heavy (non-hydrogen) atoms. The Kier molecular flexibility index (Phi) is 5.04. The van der Waals surface area contributed by atoms with Gasteiger partial charge in [-0.05, 0) is 32.1 Å². The summed E-state index contributed by atoms with van der Waals surface area (Å²) in [6, 6.07) is 0.850. The molecular formula is C13H26N2O2S. The average Bonchev–Trinajstić information content (AvgIpc) is 3.14. The summed E-state index contributed by atoms with van der Waals surface area (Å²) in [5, 5.41) is 3.29. The Bertz CT molecular complexity index is 350. The zero-order valence-corrected chi connectivity index (χ0v) is 12.2. The Morgan fingerprint density at radius 1 is 1.22 bits per heavy atom. The second-order valence-corrected chi connectivity index (χ2v) is 7.63. The van der Waals surface area contributed by atoms with E-state index in [0.717, 1.165) is 32.2 Å². The number of nitrogens with zero attached hydrogens (tertiary/aromatic N) is 1. The Labute approximate surface area is 111 Å². The van der Waals surface area contributed by atoms with Crippen LogP contribution in [0.4, 0.5) is 0 Å². The van der Waals surface area contributed by atoms with Gasteiger partial charge in [0.2, 0.25) is 10.0 Å². The first-order valence-corrected chi connectivity index (χ1v) is 8.97. The standard InChI is InChI=1S/C13H26N2O2S/c1-2-5-13-6-3-4-10-15(13)18(16,17)11-9-14-12-7-8-12/h12-14H,2-11H2,1H3. The normalized spacial score (nSPS) is 26.4. The SMILES string of the molecule is CCCC1CCCCN1S(=O)(=O)CCNC1CC1. The Morgan fingerprint density at radius 2 is 2.00 bits per heavy atom. The fourth-order valence-electron chi connectivity index (χ4n) is 2.76. The highest BCUT2D eigenvalue weighted by Crippen LogP contribution is 2.24. The molecule has 4 nitrogen and oxygen atoms in total. The van der Waals surface area contributed by atoms with Crippen LogP contribution in [-0.2, 0) is 10.0 Å². The van der Waals surface area contributed by atoms with E-state index in [1.165, 1.54) is 19.3 Å². The highest BCUT2D eigenvalue weighted by Gasteiger charge is 2.31. The number of hydrogen-bond acceptors (Lipinski definition) is 3. The molecule has 1 atom stereocenters. The molecule has 0 aromatic heterocycles. The molecule has 2 aliphatic rings. The topological polar surface area (TPSA) is 49.4 Å². The molecule has 0 radical (unpaired) electrons. The summed E-state index contributed by atoms with van der Waals surface area (Å²) in [6.45, 7) is 3.48. The van der Waals surface area contributed by atoms with Gasteiger partial charge in [0.15, 0.2) is 0 Å². The summed E-state index contributed by atoms with van der Waals surface area (Å²) in [7, 11) is -3.05. The van der Waals surface area contributed by atoms with E-state index in [9.17, 15) is 8.42 Å². The van der Waals surface area contributed by atoms with E-state index in [0.29, 0.717) is 12.6 Å². The first kappa shape index (κ1) is 14.3. The van der Waals surface area contributed by atoms with Crippen molar-refractivity contribution in [1.82, 2.24) is 9.62 Å². The molecule has 1 aliphatic carbocycles. The van der Waals surface area contributed by atoms with Crippen LogP contribution in [0.25, 0.3) is 0 Å². The molecule has 1 saturated heterocycles. The molecule has 0 aromatic carbocycles. The number of rotatable bonds is 7. The van der Waals surface area contributed by atoms with E-state index in [2.05, 4.69) is 12.2 Å². The van der Waals surface area contributed by atoms with Crippen molar-refractivity contribution in [3.05, 3.63) is 0 Å². The molecular weight excluding hydrogens is 248 g/mol. The van der Waals surface area contributed by atoms with Crippen LogP contribution in [0.2, 0.25) is 0 Å². The molecule has 2 rings (SSSR count). The van der Waals surface area contributed by atoms with Gasteiger partial charge in [0.05, 0.1) is 5.75 Å². The van der Waals surface area contributed by atoms with Crippen molar-refractivity contribution >= 4 is 10.0 Å². The van der Waals surface area contributed by atoms with E-state index in [4.69, 9.17) is 0 Å². The molecule has 1 unspecified atom stereocenters. The molecule has 0 spiro atoms. The van der Waals surface area contributed by atoms with Gasteiger partial charge in [-0.25, -0.2) is 8.42 Å². The maximum atomic E-state index is 12.4. The first-order valence-electron chi connectivity index (χ1n) is 7.36. The van der Waals surface area contributed by atoms with Crippen LogP contribution in [0.5, 0.6) is 0 Å². The quantitative estimate of drug-likeness (QED) is 0.769. The van der Waals surface area contributed by atoms with Crippen molar-refractivity contribution in [3.63, 3.8) is 0 Å². The first-order chi connectivity index (χ1) is 8.63. The van der Waals surface area contributed by atoms with Crippen LogP contribution >= 0.6 is 0 Å². The van der Waals surface area contributed by atoms with E-state index in [-0.39, 0.29) is 11.8 Å². The van der Waals surface area contributed by atoms with Crippen LogP contribution in [0.1, 0.15) is 51.9 Å². The summed E-state index contributed by atoms with van der Waals surface area (Å²) in [5.74, 6) is 0.268. The van der Waals surface area contributed by atoms with Crippen molar-refractivity contribution in [2.75, 3.05) is 18.8 Å². The molecule has 0 aromatic rings. The minimum Gasteiger partial charge on any atom is -0.313 e.